The number of hydrogen-bond acceptors (Lipinski definition) is 5. The minimum Gasteiger partial charge on any atom is -0.466 e. The van der Waals surface area contributed by atoms with Gasteiger partial charge in [0.05, 0.1) is 25.4 Å². The summed E-state index contributed by atoms with van der Waals surface area (Å²) in [5.41, 5.74) is 0. The van der Waals surface area contributed by atoms with Crippen molar-refractivity contribution in [3.05, 3.63) is 60.8 Å². The average molecular weight is 1090 g/mol. The van der Waals surface area contributed by atoms with Crippen LogP contribution >= 0.6 is 0 Å². The van der Waals surface area contributed by atoms with Crippen LogP contribution in [0.4, 0.5) is 0 Å². The Labute approximate surface area is 486 Å². The van der Waals surface area contributed by atoms with E-state index in [1.165, 1.54) is 276 Å². The number of carbonyl (C=O) groups excluding carboxylic acids is 2. The van der Waals surface area contributed by atoms with Crippen LogP contribution in [0, 0.1) is 0 Å². The fraction of sp³-hybridized carbons (Fsp3) is 0.833. The van der Waals surface area contributed by atoms with Gasteiger partial charge < -0.3 is 20.3 Å². The molecule has 0 saturated carbocycles. The molecule has 3 N–H and O–H groups in total. The smallest absolute Gasteiger partial charge is 0.305 e. The van der Waals surface area contributed by atoms with E-state index in [0.29, 0.717) is 19.4 Å². The second-order valence-electron chi connectivity index (χ2n) is 23.5. The van der Waals surface area contributed by atoms with Crippen molar-refractivity contribution in [2.75, 3.05) is 13.2 Å². The lowest BCUT2D eigenvalue weighted by atomic mass is 10.0. The molecule has 6 nitrogen and oxygen atoms in total. The third-order valence-electron chi connectivity index (χ3n) is 15.7. The van der Waals surface area contributed by atoms with Crippen molar-refractivity contribution in [2.24, 2.45) is 0 Å². The van der Waals surface area contributed by atoms with E-state index in [9.17, 15) is 19.8 Å². The Kier molecular flexibility index (Phi) is 65.0. The van der Waals surface area contributed by atoms with Crippen molar-refractivity contribution >= 4 is 11.9 Å². The summed E-state index contributed by atoms with van der Waals surface area (Å²) in [6.45, 7) is 4.85. The highest BCUT2D eigenvalue weighted by molar-refractivity contribution is 5.76. The van der Waals surface area contributed by atoms with Gasteiger partial charge in [0.1, 0.15) is 0 Å². The third kappa shape index (κ3) is 62.8. The molecular formula is C72H133NO5. The van der Waals surface area contributed by atoms with E-state index >= 15 is 0 Å². The Morgan fingerprint density at radius 1 is 0.359 bits per heavy atom. The van der Waals surface area contributed by atoms with Crippen LogP contribution in [0.2, 0.25) is 0 Å². The molecule has 0 aliphatic rings. The zero-order valence-corrected chi connectivity index (χ0v) is 52.1. The maximum absolute atomic E-state index is 12.5. The van der Waals surface area contributed by atoms with Crippen LogP contribution in [0.3, 0.4) is 0 Å². The van der Waals surface area contributed by atoms with Gasteiger partial charge >= 0.3 is 5.97 Å². The average Bonchev–Trinajstić information content (AvgIpc) is 3.44. The first-order valence-electron chi connectivity index (χ1n) is 34.6. The minimum atomic E-state index is -0.849. The number of rotatable bonds is 64. The number of aliphatic hydroxyl groups excluding tert-OH is 2. The van der Waals surface area contributed by atoms with Gasteiger partial charge in [0.2, 0.25) is 5.91 Å². The molecule has 0 aromatic heterocycles. The molecule has 0 spiro atoms. The first kappa shape index (κ1) is 75.6. The van der Waals surface area contributed by atoms with E-state index in [0.717, 1.165) is 57.8 Å². The molecule has 0 aliphatic carbocycles. The molecule has 2 unspecified atom stereocenters. The fourth-order valence-corrected chi connectivity index (χ4v) is 10.5. The van der Waals surface area contributed by atoms with Crippen molar-refractivity contribution in [3.63, 3.8) is 0 Å². The van der Waals surface area contributed by atoms with Crippen LogP contribution in [-0.4, -0.2) is 47.4 Å². The van der Waals surface area contributed by atoms with Gasteiger partial charge in [-0.25, -0.2) is 0 Å². The van der Waals surface area contributed by atoms with E-state index in [1.807, 2.05) is 6.08 Å². The molecule has 0 aromatic carbocycles. The number of nitrogens with one attached hydrogen (secondary N) is 1. The van der Waals surface area contributed by atoms with E-state index in [1.54, 1.807) is 6.08 Å². The van der Waals surface area contributed by atoms with Crippen molar-refractivity contribution in [3.8, 4) is 0 Å². The van der Waals surface area contributed by atoms with Gasteiger partial charge in [0.15, 0.2) is 0 Å². The summed E-state index contributed by atoms with van der Waals surface area (Å²) in [5, 5.41) is 23.2. The highest BCUT2D eigenvalue weighted by Gasteiger charge is 2.18. The summed E-state index contributed by atoms with van der Waals surface area (Å²) < 4.78 is 5.47. The molecule has 0 fully saturated rings. The molecule has 0 bridgehead atoms. The SMILES string of the molecule is CCC/C=C\C/C=C\CCCCCCCC(=O)OCCCCCCCCCCC/C=C\C/C=C\CCCCCCCCCCCCCC(=O)NC(CO)C(O)/C=C/CCCCCCCCCCCCCCCCCCCCC. The maximum Gasteiger partial charge on any atom is 0.305 e. The van der Waals surface area contributed by atoms with E-state index in [2.05, 4.69) is 67.8 Å². The second-order valence-corrected chi connectivity index (χ2v) is 23.5. The zero-order valence-electron chi connectivity index (χ0n) is 52.1. The fourth-order valence-electron chi connectivity index (χ4n) is 10.5. The Morgan fingerprint density at radius 2 is 0.667 bits per heavy atom. The molecule has 0 aromatic rings. The number of allylic oxidation sites excluding steroid dienone is 9. The van der Waals surface area contributed by atoms with Gasteiger partial charge in [-0.3, -0.25) is 9.59 Å². The summed E-state index contributed by atoms with van der Waals surface area (Å²) in [6.07, 6.45) is 88.6. The van der Waals surface area contributed by atoms with Crippen molar-refractivity contribution in [1.29, 1.82) is 0 Å². The summed E-state index contributed by atoms with van der Waals surface area (Å²) in [6, 6.07) is -0.633. The summed E-state index contributed by atoms with van der Waals surface area (Å²) in [5.74, 6) is -0.0741. The first-order chi connectivity index (χ1) is 38.5. The molecule has 0 rings (SSSR count). The van der Waals surface area contributed by atoms with Crippen LogP contribution in [-0.2, 0) is 14.3 Å². The number of unbranched alkanes of at least 4 members (excludes halogenated alkanes) is 45. The Bertz CT molecular complexity index is 1350. The predicted molar refractivity (Wildman–Crippen MR) is 342 cm³/mol. The van der Waals surface area contributed by atoms with Crippen LogP contribution < -0.4 is 5.32 Å². The van der Waals surface area contributed by atoms with Gasteiger partial charge in [-0.05, 0) is 89.9 Å². The standard InChI is InChI=1S/C72H133NO5/c1-3-5-7-9-11-13-15-17-18-19-20-28-31-34-37-41-44-48-52-56-60-64-70(75)69(68-74)73-71(76)65-61-57-53-49-45-42-38-35-32-29-26-24-22-21-23-25-27-30-33-36-39-43-47-51-55-59-63-67-78-72(77)66-62-58-54-50-46-40-16-14-12-10-8-6-4-2/h8,10,14,16,21-22,25,27,60,64,69-70,74-75H,3-7,9,11-13,15,17-20,23-24,26,28-59,61-63,65-68H2,1-2H3,(H,73,76)/b10-8-,16-14-,22-21-,27-25-,64-60+. The first-order valence-corrected chi connectivity index (χ1v) is 34.6. The lowest BCUT2D eigenvalue weighted by molar-refractivity contribution is -0.143. The normalized spacial score (nSPS) is 12.9. The number of aliphatic hydroxyl groups is 2. The molecule has 456 valence electrons. The highest BCUT2D eigenvalue weighted by atomic mass is 16.5. The second kappa shape index (κ2) is 67.1. The third-order valence-corrected chi connectivity index (χ3v) is 15.7. The van der Waals surface area contributed by atoms with E-state index in [-0.39, 0.29) is 18.5 Å². The molecular weight excluding hydrogens is 959 g/mol. The maximum atomic E-state index is 12.5. The Morgan fingerprint density at radius 3 is 1.03 bits per heavy atom. The van der Waals surface area contributed by atoms with Gasteiger partial charge in [-0.1, -0.05) is 319 Å². The quantitative estimate of drug-likeness (QED) is 0.0320. The van der Waals surface area contributed by atoms with E-state index < -0.39 is 12.1 Å². The van der Waals surface area contributed by atoms with Crippen molar-refractivity contribution in [2.45, 2.75) is 373 Å². The molecule has 0 radical (unpaired) electrons. The monoisotopic (exact) mass is 1090 g/mol. The summed E-state index contributed by atoms with van der Waals surface area (Å²) in [7, 11) is 0. The van der Waals surface area contributed by atoms with Crippen LogP contribution in [0.5, 0.6) is 0 Å². The molecule has 0 heterocycles. The van der Waals surface area contributed by atoms with Crippen LogP contribution in [0.1, 0.15) is 361 Å². The number of esters is 1. The van der Waals surface area contributed by atoms with Crippen molar-refractivity contribution in [1.82, 2.24) is 5.32 Å². The van der Waals surface area contributed by atoms with Gasteiger partial charge in [0.25, 0.3) is 0 Å². The number of carbonyl (C=O) groups is 2. The summed E-state index contributed by atoms with van der Waals surface area (Å²) >= 11 is 0. The van der Waals surface area contributed by atoms with Gasteiger partial charge in [-0.2, -0.15) is 0 Å². The summed E-state index contributed by atoms with van der Waals surface area (Å²) in [4.78, 5) is 24.5. The lowest BCUT2D eigenvalue weighted by Gasteiger charge is -2.20. The number of hydrogen-bond donors (Lipinski definition) is 3. The minimum absolute atomic E-state index is 0.00539. The largest absolute Gasteiger partial charge is 0.466 e. The predicted octanol–water partition coefficient (Wildman–Crippen LogP) is 22.3. The van der Waals surface area contributed by atoms with Crippen LogP contribution in [0.25, 0.3) is 0 Å². The zero-order chi connectivity index (χ0) is 56.4. The van der Waals surface area contributed by atoms with E-state index in [4.69, 9.17) is 4.74 Å². The molecule has 2 atom stereocenters. The number of amides is 1. The molecule has 6 heteroatoms. The van der Waals surface area contributed by atoms with Crippen LogP contribution in [0.15, 0.2) is 60.8 Å². The van der Waals surface area contributed by atoms with Gasteiger partial charge in [-0.15, -0.1) is 0 Å². The van der Waals surface area contributed by atoms with Crippen molar-refractivity contribution < 1.29 is 24.5 Å². The molecule has 1 amide bonds. The highest BCUT2D eigenvalue weighted by Crippen LogP contribution is 2.18. The molecule has 0 saturated heterocycles. The number of ether oxygens (including phenoxy) is 1. The van der Waals surface area contributed by atoms with Gasteiger partial charge in [0, 0.05) is 12.8 Å². The molecule has 78 heavy (non-hydrogen) atoms. The Balaban J connectivity index is 3.46. The molecule has 0 aliphatic heterocycles. The lowest BCUT2D eigenvalue weighted by Crippen LogP contribution is -2.45. The Hall–Kier alpha value is -2.44. The topological polar surface area (TPSA) is 95.9 Å².